The Bertz CT molecular complexity index is 333. The average molecular weight is 270 g/mol. The van der Waals surface area contributed by atoms with Crippen LogP contribution in [0.2, 0.25) is 0 Å². The molecule has 0 bridgehead atoms. The standard InChI is InChI=1S/C14H26N2O3/c1-3-5-7-11(15)12(17)16-9-6-8-14(4-2,10-16)13(18)19/h11H,3-10,15H2,1-2H3,(H,18,19). The maximum absolute atomic E-state index is 12.2. The van der Waals surface area contributed by atoms with Crippen LogP contribution >= 0.6 is 0 Å². The number of carboxylic acids is 1. The first-order valence-electron chi connectivity index (χ1n) is 7.24. The van der Waals surface area contributed by atoms with Crippen LogP contribution in [-0.4, -0.2) is 41.0 Å². The van der Waals surface area contributed by atoms with Crippen LogP contribution in [0.5, 0.6) is 0 Å². The van der Waals surface area contributed by atoms with Crippen LogP contribution in [0.4, 0.5) is 0 Å². The molecule has 0 spiro atoms. The van der Waals surface area contributed by atoms with Crippen molar-refractivity contribution >= 4 is 11.9 Å². The number of carbonyl (C=O) groups is 2. The Morgan fingerprint density at radius 1 is 1.42 bits per heavy atom. The van der Waals surface area contributed by atoms with E-state index in [2.05, 4.69) is 6.92 Å². The van der Waals surface area contributed by atoms with Crippen molar-refractivity contribution in [2.45, 2.75) is 58.4 Å². The Kier molecular flexibility index (Phi) is 5.79. The molecule has 5 nitrogen and oxygen atoms in total. The van der Waals surface area contributed by atoms with Crippen molar-refractivity contribution in [3.05, 3.63) is 0 Å². The van der Waals surface area contributed by atoms with Gasteiger partial charge < -0.3 is 15.7 Å². The summed E-state index contributed by atoms with van der Waals surface area (Å²) in [6.07, 6.45) is 4.56. The Balaban J connectivity index is 2.68. The van der Waals surface area contributed by atoms with Crippen molar-refractivity contribution < 1.29 is 14.7 Å². The number of likely N-dealkylation sites (tertiary alicyclic amines) is 1. The van der Waals surface area contributed by atoms with E-state index in [1.165, 1.54) is 0 Å². The molecule has 1 fully saturated rings. The highest BCUT2D eigenvalue weighted by atomic mass is 16.4. The molecule has 0 aliphatic carbocycles. The van der Waals surface area contributed by atoms with Crippen molar-refractivity contribution in [3.63, 3.8) is 0 Å². The largest absolute Gasteiger partial charge is 0.481 e. The van der Waals surface area contributed by atoms with Crippen molar-refractivity contribution in [2.75, 3.05) is 13.1 Å². The summed E-state index contributed by atoms with van der Waals surface area (Å²) in [6, 6.07) is -0.485. The van der Waals surface area contributed by atoms with E-state index in [1.54, 1.807) is 4.90 Å². The van der Waals surface area contributed by atoms with Gasteiger partial charge in [0.1, 0.15) is 0 Å². The van der Waals surface area contributed by atoms with Gasteiger partial charge in [0.15, 0.2) is 0 Å². The Labute approximate surface area is 115 Å². The molecule has 1 aliphatic rings. The second-order valence-electron chi connectivity index (χ2n) is 5.55. The molecule has 0 saturated carbocycles. The first kappa shape index (κ1) is 16.0. The van der Waals surface area contributed by atoms with Gasteiger partial charge in [0.05, 0.1) is 11.5 Å². The predicted molar refractivity (Wildman–Crippen MR) is 73.7 cm³/mol. The highest BCUT2D eigenvalue weighted by molar-refractivity contribution is 5.83. The van der Waals surface area contributed by atoms with E-state index in [-0.39, 0.29) is 5.91 Å². The van der Waals surface area contributed by atoms with Gasteiger partial charge in [0.25, 0.3) is 0 Å². The summed E-state index contributed by atoms with van der Waals surface area (Å²) >= 11 is 0. The fourth-order valence-electron chi connectivity index (χ4n) is 2.72. The van der Waals surface area contributed by atoms with Gasteiger partial charge in [-0.1, -0.05) is 26.7 Å². The highest BCUT2D eigenvalue weighted by Crippen LogP contribution is 2.33. The van der Waals surface area contributed by atoms with Crippen LogP contribution in [0.3, 0.4) is 0 Å². The number of rotatable bonds is 6. The first-order chi connectivity index (χ1) is 8.96. The molecule has 1 amide bonds. The monoisotopic (exact) mass is 270 g/mol. The van der Waals surface area contributed by atoms with Crippen LogP contribution in [0.1, 0.15) is 52.4 Å². The molecule has 2 atom stereocenters. The minimum absolute atomic E-state index is 0.0905. The van der Waals surface area contributed by atoms with Crippen molar-refractivity contribution in [2.24, 2.45) is 11.1 Å². The molecule has 110 valence electrons. The second-order valence-corrected chi connectivity index (χ2v) is 5.55. The normalized spacial score (nSPS) is 25.1. The van der Waals surface area contributed by atoms with E-state index in [9.17, 15) is 14.7 Å². The highest BCUT2D eigenvalue weighted by Gasteiger charge is 2.42. The Hall–Kier alpha value is -1.10. The third kappa shape index (κ3) is 3.69. The number of carboxylic acid groups (broad SMARTS) is 1. The topological polar surface area (TPSA) is 83.6 Å². The van der Waals surface area contributed by atoms with Gasteiger partial charge >= 0.3 is 5.97 Å². The molecule has 2 unspecified atom stereocenters. The molecule has 0 aromatic heterocycles. The van der Waals surface area contributed by atoms with Crippen LogP contribution in [-0.2, 0) is 9.59 Å². The van der Waals surface area contributed by atoms with E-state index in [1.807, 2.05) is 6.92 Å². The lowest BCUT2D eigenvalue weighted by Gasteiger charge is -2.40. The van der Waals surface area contributed by atoms with E-state index >= 15 is 0 Å². The van der Waals surface area contributed by atoms with E-state index < -0.39 is 17.4 Å². The third-order valence-electron chi connectivity index (χ3n) is 4.20. The van der Waals surface area contributed by atoms with Gasteiger partial charge in [-0.15, -0.1) is 0 Å². The lowest BCUT2D eigenvalue weighted by atomic mass is 9.77. The predicted octanol–water partition coefficient (Wildman–Crippen LogP) is 1.61. The van der Waals surface area contributed by atoms with Crippen LogP contribution in [0.15, 0.2) is 0 Å². The van der Waals surface area contributed by atoms with Crippen molar-refractivity contribution in [1.82, 2.24) is 4.90 Å². The number of nitrogens with two attached hydrogens (primary N) is 1. The Morgan fingerprint density at radius 2 is 2.11 bits per heavy atom. The number of amides is 1. The summed E-state index contributed by atoms with van der Waals surface area (Å²) in [5, 5.41) is 9.40. The lowest BCUT2D eigenvalue weighted by molar-refractivity contribution is -0.155. The molecule has 1 aliphatic heterocycles. The fraction of sp³-hybridized carbons (Fsp3) is 0.857. The van der Waals surface area contributed by atoms with Crippen LogP contribution < -0.4 is 5.73 Å². The summed E-state index contributed by atoms with van der Waals surface area (Å²) in [5.41, 5.74) is 5.12. The molecule has 1 heterocycles. The van der Waals surface area contributed by atoms with Gasteiger partial charge in [-0.05, 0) is 25.7 Å². The molecule has 0 aromatic carbocycles. The fourth-order valence-corrected chi connectivity index (χ4v) is 2.72. The maximum atomic E-state index is 12.2. The summed E-state index contributed by atoms with van der Waals surface area (Å²) in [6.45, 7) is 4.87. The van der Waals surface area contributed by atoms with Gasteiger partial charge in [-0.2, -0.15) is 0 Å². The number of piperidine rings is 1. The minimum Gasteiger partial charge on any atom is -0.481 e. The van der Waals surface area contributed by atoms with Crippen molar-refractivity contribution in [1.29, 1.82) is 0 Å². The molecular formula is C14H26N2O3. The Morgan fingerprint density at radius 3 is 2.63 bits per heavy atom. The minimum atomic E-state index is -0.797. The second kappa shape index (κ2) is 6.89. The smallest absolute Gasteiger partial charge is 0.311 e. The van der Waals surface area contributed by atoms with E-state index in [4.69, 9.17) is 5.73 Å². The molecule has 3 N–H and O–H groups in total. The molecular weight excluding hydrogens is 244 g/mol. The molecule has 5 heteroatoms. The van der Waals surface area contributed by atoms with E-state index in [0.29, 0.717) is 32.4 Å². The number of hydrogen-bond donors (Lipinski definition) is 2. The van der Waals surface area contributed by atoms with Gasteiger partial charge in [0.2, 0.25) is 5.91 Å². The summed E-state index contributed by atoms with van der Waals surface area (Å²) in [7, 11) is 0. The van der Waals surface area contributed by atoms with Crippen molar-refractivity contribution in [3.8, 4) is 0 Å². The zero-order chi connectivity index (χ0) is 14.5. The quantitative estimate of drug-likeness (QED) is 0.768. The number of hydrogen-bond acceptors (Lipinski definition) is 3. The van der Waals surface area contributed by atoms with Crippen LogP contribution in [0.25, 0.3) is 0 Å². The number of carbonyl (C=O) groups excluding carboxylic acids is 1. The maximum Gasteiger partial charge on any atom is 0.311 e. The molecule has 1 saturated heterocycles. The number of unbranched alkanes of at least 4 members (excludes halogenated alkanes) is 1. The molecule has 0 radical (unpaired) electrons. The summed E-state index contributed by atoms with van der Waals surface area (Å²) in [5.74, 6) is -0.887. The molecule has 19 heavy (non-hydrogen) atoms. The lowest BCUT2D eigenvalue weighted by Crippen LogP contribution is -2.53. The van der Waals surface area contributed by atoms with Gasteiger partial charge in [0, 0.05) is 13.1 Å². The zero-order valence-electron chi connectivity index (χ0n) is 12.0. The summed E-state index contributed by atoms with van der Waals surface area (Å²) < 4.78 is 0. The summed E-state index contributed by atoms with van der Waals surface area (Å²) in [4.78, 5) is 25.3. The number of aliphatic carboxylic acids is 1. The zero-order valence-corrected chi connectivity index (χ0v) is 12.0. The van der Waals surface area contributed by atoms with Gasteiger partial charge in [-0.3, -0.25) is 9.59 Å². The molecule has 0 aromatic rings. The first-order valence-corrected chi connectivity index (χ1v) is 7.24. The SMILES string of the molecule is CCCCC(N)C(=O)N1CCCC(CC)(C(=O)O)C1. The third-order valence-corrected chi connectivity index (χ3v) is 4.20. The van der Waals surface area contributed by atoms with Gasteiger partial charge in [-0.25, -0.2) is 0 Å². The average Bonchev–Trinajstić information content (AvgIpc) is 2.43. The van der Waals surface area contributed by atoms with E-state index in [0.717, 1.165) is 19.3 Å². The number of nitrogens with zero attached hydrogens (tertiary/aromatic N) is 1. The molecule has 1 rings (SSSR count). The van der Waals surface area contributed by atoms with Crippen LogP contribution in [0, 0.1) is 5.41 Å².